The summed E-state index contributed by atoms with van der Waals surface area (Å²) in [6.45, 7) is 0. The fourth-order valence-corrected chi connectivity index (χ4v) is 7.91. The number of thioether (sulfide) groups is 1. The van der Waals surface area contributed by atoms with Crippen LogP contribution in [0, 0.1) is 0 Å². The smallest absolute Gasteiger partial charge is 0.352 e. The molecule has 2 amide bonds. The molecule has 0 radical (unpaired) electrons. The predicted octanol–water partition coefficient (Wildman–Crippen LogP) is 5.29. The van der Waals surface area contributed by atoms with E-state index in [1.54, 1.807) is 36.0 Å². The van der Waals surface area contributed by atoms with Gasteiger partial charge in [0.05, 0.1) is 0 Å². The van der Waals surface area contributed by atoms with Crippen LogP contribution in [0.4, 0.5) is 5.13 Å². The number of nitrogens with zero attached hydrogens (tertiary/aromatic N) is 4. The molecule has 0 spiro atoms. The molecule has 1 fully saturated rings. The van der Waals surface area contributed by atoms with Crippen molar-refractivity contribution in [2.75, 3.05) is 11.5 Å². The molecule has 3 aromatic carbocycles. The number of nitrogens with two attached hydrogens (primary N) is 1. The van der Waals surface area contributed by atoms with Crippen LogP contribution in [0.3, 0.4) is 0 Å². The van der Waals surface area contributed by atoms with Gasteiger partial charge < -0.3 is 21.0 Å². The number of aliphatic carboxylic acids is 1. The minimum absolute atomic E-state index is 0.128. The van der Waals surface area contributed by atoms with Gasteiger partial charge in [-0.2, -0.15) is 0 Å². The van der Waals surface area contributed by atoms with Crippen molar-refractivity contribution in [3.05, 3.63) is 166 Å². The van der Waals surface area contributed by atoms with Gasteiger partial charge in [0.15, 0.2) is 10.8 Å². The predicted molar refractivity (Wildman–Crippen MR) is 196 cm³/mol. The molecule has 11 nitrogen and oxygen atoms in total. The van der Waals surface area contributed by atoms with Crippen molar-refractivity contribution in [1.82, 2.24) is 20.2 Å². The number of allylic oxidation sites excluding steroid dienone is 1. The van der Waals surface area contributed by atoms with Crippen LogP contribution in [0.2, 0.25) is 0 Å². The molecule has 7 rings (SSSR count). The number of amides is 2. The van der Waals surface area contributed by atoms with Crippen LogP contribution in [0.5, 0.6) is 0 Å². The van der Waals surface area contributed by atoms with Crippen LogP contribution in [0.25, 0.3) is 6.08 Å². The quantitative estimate of drug-likeness (QED) is 0.0716. The van der Waals surface area contributed by atoms with E-state index >= 15 is 0 Å². The van der Waals surface area contributed by atoms with Crippen LogP contribution in [0.1, 0.15) is 27.9 Å². The van der Waals surface area contributed by atoms with E-state index < -0.39 is 34.8 Å². The second-order valence-corrected chi connectivity index (χ2v) is 13.5. The number of β-lactam (4-membered cyclic amide) rings is 1. The minimum atomic E-state index is -1.29. The Hall–Kier alpha value is -6.05. The van der Waals surface area contributed by atoms with Crippen LogP contribution in [-0.4, -0.2) is 60.6 Å². The number of carbonyl (C=O) groups is 3. The van der Waals surface area contributed by atoms with Crippen molar-refractivity contribution >= 4 is 57.8 Å². The van der Waals surface area contributed by atoms with E-state index in [4.69, 9.17) is 10.6 Å². The fraction of sp³-hybridized carbons (Fsp3) is 0.105. The first-order chi connectivity index (χ1) is 24.9. The number of carboxylic acids is 1. The number of benzene rings is 3. The van der Waals surface area contributed by atoms with E-state index in [0.29, 0.717) is 11.3 Å². The summed E-state index contributed by atoms with van der Waals surface area (Å²) < 4.78 is 0. The molecular formula is C38H30N6O5S2. The van der Waals surface area contributed by atoms with Crippen LogP contribution in [0.15, 0.2) is 143 Å². The molecule has 0 bridgehead atoms. The Bertz CT molecular complexity index is 2060. The molecule has 0 unspecified atom stereocenters. The van der Waals surface area contributed by atoms with Gasteiger partial charge in [0.2, 0.25) is 5.60 Å². The van der Waals surface area contributed by atoms with Crippen molar-refractivity contribution in [1.29, 1.82) is 0 Å². The lowest BCUT2D eigenvalue weighted by Crippen LogP contribution is -2.71. The summed E-state index contributed by atoms with van der Waals surface area (Å²) in [6.07, 6.45) is 6.72. The Kier molecular flexibility index (Phi) is 9.47. The first-order valence-electron chi connectivity index (χ1n) is 15.8. The molecule has 1 saturated heterocycles. The lowest BCUT2D eigenvalue weighted by molar-refractivity contribution is -0.150. The van der Waals surface area contributed by atoms with Crippen LogP contribution in [-0.2, 0) is 24.8 Å². The summed E-state index contributed by atoms with van der Waals surface area (Å²) in [4.78, 5) is 56.3. The van der Waals surface area contributed by atoms with Gasteiger partial charge in [0, 0.05) is 40.2 Å². The summed E-state index contributed by atoms with van der Waals surface area (Å²) in [5.74, 6) is -2.22. The lowest BCUT2D eigenvalue weighted by Gasteiger charge is -2.49. The summed E-state index contributed by atoms with van der Waals surface area (Å²) >= 11 is 2.48. The molecule has 2 aliphatic heterocycles. The van der Waals surface area contributed by atoms with Crippen molar-refractivity contribution in [2.45, 2.75) is 17.0 Å². The number of pyridine rings is 1. The third kappa shape index (κ3) is 6.52. The largest absolute Gasteiger partial charge is 0.477 e. The van der Waals surface area contributed by atoms with Gasteiger partial charge in [-0.1, -0.05) is 114 Å². The second-order valence-electron chi connectivity index (χ2n) is 11.5. The molecule has 51 heavy (non-hydrogen) atoms. The van der Waals surface area contributed by atoms with Gasteiger partial charge in [-0.3, -0.25) is 19.5 Å². The molecule has 0 aliphatic carbocycles. The number of aromatic nitrogens is 2. The molecule has 2 aliphatic rings. The molecular weight excluding hydrogens is 685 g/mol. The summed E-state index contributed by atoms with van der Waals surface area (Å²) in [7, 11) is 0. The minimum Gasteiger partial charge on any atom is -0.477 e. The highest BCUT2D eigenvalue weighted by Crippen LogP contribution is 2.42. The van der Waals surface area contributed by atoms with Crippen LogP contribution < -0.4 is 11.1 Å². The Morgan fingerprint density at radius 1 is 0.941 bits per heavy atom. The van der Waals surface area contributed by atoms with Gasteiger partial charge in [-0.05, 0) is 17.2 Å². The lowest BCUT2D eigenvalue weighted by atomic mass is 9.80. The first-order valence-corrected chi connectivity index (χ1v) is 17.7. The number of fused-ring (bicyclic) bond motifs is 1. The van der Waals surface area contributed by atoms with E-state index in [9.17, 15) is 19.5 Å². The third-order valence-corrected chi connectivity index (χ3v) is 10.4. The molecule has 2 atom stereocenters. The number of nitrogens with one attached hydrogen (secondary N) is 1. The third-order valence-electron chi connectivity index (χ3n) is 8.44. The van der Waals surface area contributed by atoms with Crippen LogP contribution >= 0.6 is 23.1 Å². The molecule has 4 heterocycles. The maximum Gasteiger partial charge on any atom is 0.352 e. The fourth-order valence-electron chi connectivity index (χ4n) is 6.04. The average molecular weight is 715 g/mol. The zero-order valence-corrected chi connectivity index (χ0v) is 28.5. The highest BCUT2D eigenvalue weighted by atomic mass is 32.2. The molecule has 2 aromatic heterocycles. The highest BCUT2D eigenvalue weighted by Gasteiger charge is 2.54. The molecule has 254 valence electrons. The van der Waals surface area contributed by atoms with E-state index in [-0.39, 0.29) is 22.2 Å². The van der Waals surface area contributed by atoms with E-state index in [1.165, 1.54) is 16.7 Å². The maximum absolute atomic E-state index is 14.1. The molecule has 4 N–H and O–H groups in total. The van der Waals surface area contributed by atoms with Gasteiger partial charge in [0.1, 0.15) is 22.8 Å². The number of hydrogen-bond donors (Lipinski definition) is 3. The van der Waals surface area contributed by atoms with Crippen molar-refractivity contribution in [3.63, 3.8) is 0 Å². The van der Waals surface area contributed by atoms with Gasteiger partial charge in [0.25, 0.3) is 11.8 Å². The number of oxime groups is 1. The SMILES string of the molecule is Nc1nc(C(=NOC(c2ccccc2)(c2ccccc2)c2ccccc2)C(=O)N[C@@H]2C(=O)N3C(C(=O)O)=C(/C=C\c4cccnc4)CS[C@H]23)cs1. The zero-order chi connectivity index (χ0) is 35.4. The number of hydrogen-bond acceptors (Lipinski definition) is 10. The monoisotopic (exact) mass is 714 g/mol. The Labute approximate surface area is 301 Å². The number of carboxylic acid groups (broad SMARTS) is 1. The molecule has 13 heteroatoms. The van der Waals surface area contributed by atoms with E-state index in [2.05, 4.69) is 20.4 Å². The number of nitrogen functional groups attached to an aromatic ring is 1. The first kappa shape index (κ1) is 33.4. The summed E-state index contributed by atoms with van der Waals surface area (Å²) in [5.41, 5.74) is 8.06. The average Bonchev–Trinajstić information content (AvgIpc) is 3.61. The van der Waals surface area contributed by atoms with Crippen molar-refractivity contribution < 1.29 is 24.3 Å². The topological polar surface area (TPSA) is 160 Å². The molecule has 0 saturated carbocycles. The zero-order valence-electron chi connectivity index (χ0n) is 26.8. The standard InChI is InChI=1S/C38H30N6O5S2/c39-37-41-29(23-51-37)30(43-49-38(26-12-4-1-5-13-26,27-14-6-2-7-15-27)28-16-8-3-9-17-28)33(45)42-31-34(46)44-32(36(47)48)25(22-50-35(31)44)19-18-24-11-10-20-40-21-24/h1-21,23,31,35H,22H2,(H2,39,41)(H,42,45)(H,47,48)/b19-18-,43-30?/t31-,35-/m1/s1. The highest BCUT2D eigenvalue weighted by molar-refractivity contribution is 8.00. The van der Waals surface area contributed by atoms with E-state index in [0.717, 1.165) is 33.6 Å². The number of rotatable bonds is 11. The summed E-state index contributed by atoms with van der Waals surface area (Å²) in [6, 6.07) is 31.2. The maximum atomic E-state index is 14.1. The number of anilines is 1. The second kappa shape index (κ2) is 14.4. The van der Waals surface area contributed by atoms with Crippen molar-refractivity contribution in [2.24, 2.45) is 5.16 Å². The number of thiazole rings is 1. The van der Waals surface area contributed by atoms with E-state index in [1.807, 2.05) is 97.1 Å². The van der Waals surface area contributed by atoms with Crippen molar-refractivity contribution in [3.8, 4) is 0 Å². The summed E-state index contributed by atoms with van der Waals surface area (Å²) in [5, 5.41) is 18.6. The normalized spacial score (nSPS) is 17.5. The Balaban J connectivity index is 1.22. The van der Waals surface area contributed by atoms with Gasteiger partial charge in [-0.15, -0.1) is 23.1 Å². The Morgan fingerprint density at radius 2 is 1.57 bits per heavy atom. The van der Waals surface area contributed by atoms with Gasteiger partial charge in [-0.25, -0.2) is 9.78 Å². The van der Waals surface area contributed by atoms with Gasteiger partial charge >= 0.3 is 5.97 Å². The number of carbonyl (C=O) groups excluding carboxylic acids is 2. The molecule has 5 aromatic rings. The Morgan fingerprint density at radius 3 is 2.10 bits per heavy atom.